The Labute approximate surface area is 69.3 Å². The fourth-order valence-electron chi connectivity index (χ4n) is 0.425. The summed E-state index contributed by atoms with van der Waals surface area (Å²) in [5, 5.41) is 0. The summed E-state index contributed by atoms with van der Waals surface area (Å²) in [5.41, 5.74) is 0. The van der Waals surface area contributed by atoms with E-state index >= 15 is 0 Å². The summed E-state index contributed by atoms with van der Waals surface area (Å²) in [6.45, 7) is -0.413. The molecule has 0 bridgehead atoms. The van der Waals surface area contributed by atoms with E-state index in [1.54, 1.807) is 0 Å². The monoisotopic (exact) mass is 220 g/mol. The normalized spacial score (nSPS) is 13.2. The highest BCUT2D eigenvalue weighted by Gasteiger charge is 2.13. The molecule has 0 aliphatic rings. The van der Waals surface area contributed by atoms with Crippen molar-refractivity contribution < 1.29 is 31.8 Å². The Bertz CT molecular complexity index is 262. The van der Waals surface area contributed by atoms with E-state index in [-0.39, 0.29) is 6.42 Å². The van der Waals surface area contributed by atoms with Gasteiger partial charge in [0.1, 0.15) is 0 Å². The zero-order chi connectivity index (χ0) is 9.83. The van der Waals surface area contributed by atoms with Crippen LogP contribution in [0.25, 0.3) is 0 Å². The lowest BCUT2D eigenvalue weighted by atomic mass is 10.5. The molecule has 9 heteroatoms. The van der Waals surface area contributed by atoms with Crippen LogP contribution in [0.3, 0.4) is 0 Å². The van der Waals surface area contributed by atoms with Crippen molar-refractivity contribution in [3.8, 4) is 0 Å². The quantitative estimate of drug-likeness (QED) is 0.320. The molecule has 7 nitrogen and oxygen atoms in total. The Balaban J connectivity index is 3.55. The Morgan fingerprint density at radius 1 is 1.33 bits per heavy atom. The van der Waals surface area contributed by atoms with E-state index in [1.165, 1.54) is 0 Å². The van der Waals surface area contributed by atoms with Crippen LogP contribution in [-0.4, -0.2) is 35.1 Å². The average Bonchev–Trinajstić information content (AvgIpc) is 1.76. The number of rotatable bonds is 5. The van der Waals surface area contributed by atoms with Gasteiger partial charge in [-0.15, -0.1) is 0 Å². The molecule has 0 radical (unpaired) electrons. The highest BCUT2D eigenvalue weighted by Crippen LogP contribution is 2.35. The summed E-state index contributed by atoms with van der Waals surface area (Å²) in [7, 11) is -8.60. The molecule has 0 atom stereocenters. The summed E-state index contributed by atoms with van der Waals surface area (Å²) in [4.78, 5) is 16.2. The number of hydrogen-bond donors (Lipinski definition) is 3. The largest absolute Gasteiger partial charge is 0.469 e. The van der Waals surface area contributed by atoms with E-state index in [1.807, 2.05) is 0 Å². The van der Waals surface area contributed by atoms with E-state index in [4.69, 9.17) is 14.3 Å². The zero-order valence-corrected chi connectivity index (χ0v) is 7.66. The van der Waals surface area contributed by atoms with E-state index in [9.17, 15) is 13.0 Å². The van der Waals surface area contributed by atoms with Crippen LogP contribution in [0.5, 0.6) is 0 Å². The lowest BCUT2D eigenvalue weighted by molar-refractivity contribution is 0.197. The maximum absolute atomic E-state index is 10.1. The maximum atomic E-state index is 10.1. The summed E-state index contributed by atoms with van der Waals surface area (Å²) < 4.78 is 42.2. The Morgan fingerprint density at radius 3 is 2.17 bits per heavy atom. The molecular weight excluding hydrogens is 211 g/mol. The number of phosphoric acid groups is 1. The third-order valence-corrected chi connectivity index (χ3v) is 2.13. The van der Waals surface area contributed by atoms with Gasteiger partial charge in [0.25, 0.3) is 10.1 Å². The van der Waals surface area contributed by atoms with Crippen molar-refractivity contribution in [2.24, 2.45) is 0 Å². The smallest absolute Gasteiger partial charge is 0.303 e. The van der Waals surface area contributed by atoms with Crippen LogP contribution in [0.1, 0.15) is 6.42 Å². The molecule has 74 valence electrons. The molecule has 0 spiro atoms. The second-order valence-corrected chi connectivity index (χ2v) is 4.77. The molecule has 12 heavy (non-hydrogen) atoms. The fraction of sp³-hybridized carbons (Fsp3) is 1.00. The molecule has 0 aliphatic heterocycles. The predicted octanol–water partition coefficient (Wildman–Crippen LogP) is -0.626. The van der Waals surface area contributed by atoms with Gasteiger partial charge in [-0.05, 0) is 6.42 Å². The van der Waals surface area contributed by atoms with Gasteiger partial charge in [-0.25, -0.2) is 4.57 Å². The van der Waals surface area contributed by atoms with Crippen molar-refractivity contribution in [2.45, 2.75) is 6.42 Å². The lowest BCUT2D eigenvalue weighted by Gasteiger charge is -2.03. The first-order valence-electron chi connectivity index (χ1n) is 2.86. The summed E-state index contributed by atoms with van der Waals surface area (Å²) in [6, 6.07) is 0. The van der Waals surface area contributed by atoms with Gasteiger partial charge in [0.15, 0.2) is 0 Å². The van der Waals surface area contributed by atoms with Crippen molar-refractivity contribution in [1.82, 2.24) is 0 Å². The first-order chi connectivity index (χ1) is 5.21. The molecule has 0 saturated heterocycles. The van der Waals surface area contributed by atoms with Crippen LogP contribution in [0.4, 0.5) is 0 Å². The van der Waals surface area contributed by atoms with Crippen molar-refractivity contribution >= 4 is 17.9 Å². The van der Waals surface area contributed by atoms with Crippen molar-refractivity contribution in [3.63, 3.8) is 0 Å². The number of phosphoric ester groups is 1. The van der Waals surface area contributed by atoms with Gasteiger partial charge >= 0.3 is 7.82 Å². The minimum absolute atomic E-state index is 0.163. The third kappa shape index (κ3) is 10.0. The molecule has 0 heterocycles. The van der Waals surface area contributed by atoms with Gasteiger partial charge in [0.2, 0.25) is 0 Å². The molecule has 0 aromatic rings. The minimum Gasteiger partial charge on any atom is -0.303 e. The first kappa shape index (κ1) is 12.0. The van der Waals surface area contributed by atoms with Crippen LogP contribution in [0.2, 0.25) is 0 Å². The molecule has 0 aromatic heterocycles. The van der Waals surface area contributed by atoms with E-state index in [2.05, 4.69) is 4.52 Å². The lowest BCUT2D eigenvalue weighted by Crippen LogP contribution is -2.06. The van der Waals surface area contributed by atoms with Gasteiger partial charge in [-0.3, -0.25) is 9.08 Å². The van der Waals surface area contributed by atoms with E-state index in [0.717, 1.165) is 0 Å². The van der Waals surface area contributed by atoms with Crippen LogP contribution in [0, 0.1) is 0 Å². The topological polar surface area (TPSA) is 121 Å². The Kier molecular flexibility index (Phi) is 4.32. The molecular formula is C3H9O7PS. The van der Waals surface area contributed by atoms with Gasteiger partial charge in [0.05, 0.1) is 12.4 Å². The van der Waals surface area contributed by atoms with Crippen molar-refractivity contribution in [2.75, 3.05) is 12.4 Å². The molecule has 0 rings (SSSR count). The molecule has 3 N–H and O–H groups in total. The SMILES string of the molecule is O=P(O)(O)OCCCS(=O)(=O)O. The van der Waals surface area contributed by atoms with Crippen LogP contribution >= 0.6 is 7.82 Å². The summed E-state index contributed by atoms with van der Waals surface area (Å²) >= 11 is 0. The van der Waals surface area contributed by atoms with Gasteiger partial charge in [-0.1, -0.05) is 0 Å². The molecule has 0 aromatic carbocycles. The van der Waals surface area contributed by atoms with Crippen LogP contribution < -0.4 is 0 Å². The first-order valence-corrected chi connectivity index (χ1v) is 6.00. The molecule has 0 unspecified atom stereocenters. The Hall–Kier alpha value is 0.0200. The van der Waals surface area contributed by atoms with Gasteiger partial charge in [-0.2, -0.15) is 8.42 Å². The molecule has 0 amide bonds. The zero-order valence-electron chi connectivity index (χ0n) is 5.95. The van der Waals surface area contributed by atoms with Crippen LogP contribution in [0.15, 0.2) is 0 Å². The molecule has 0 saturated carbocycles. The highest BCUT2D eigenvalue weighted by atomic mass is 32.2. The minimum atomic E-state index is -4.52. The van der Waals surface area contributed by atoms with E-state index < -0.39 is 30.3 Å². The van der Waals surface area contributed by atoms with Crippen molar-refractivity contribution in [1.29, 1.82) is 0 Å². The van der Waals surface area contributed by atoms with Gasteiger partial charge in [0, 0.05) is 0 Å². The second kappa shape index (κ2) is 4.31. The third-order valence-electron chi connectivity index (χ3n) is 0.806. The standard InChI is InChI=1S/C3H9O7PS/c4-11(5,6)10-2-1-3-12(7,8)9/h1-3H2,(H2,4,5,6)(H,7,8,9). The summed E-state index contributed by atoms with van der Waals surface area (Å²) in [5.74, 6) is -0.576. The van der Waals surface area contributed by atoms with Crippen LogP contribution in [-0.2, 0) is 19.2 Å². The molecule has 0 fully saturated rings. The fourth-order valence-corrected chi connectivity index (χ4v) is 1.27. The maximum Gasteiger partial charge on any atom is 0.469 e. The summed E-state index contributed by atoms with van der Waals surface area (Å²) in [6.07, 6.45) is -0.163. The predicted molar refractivity (Wildman–Crippen MR) is 39.0 cm³/mol. The van der Waals surface area contributed by atoms with Gasteiger partial charge < -0.3 is 9.79 Å². The highest BCUT2D eigenvalue weighted by molar-refractivity contribution is 7.85. The molecule has 0 aliphatic carbocycles. The number of hydrogen-bond acceptors (Lipinski definition) is 4. The average molecular weight is 220 g/mol. The van der Waals surface area contributed by atoms with Crippen molar-refractivity contribution in [3.05, 3.63) is 0 Å². The Morgan fingerprint density at radius 2 is 1.83 bits per heavy atom. The van der Waals surface area contributed by atoms with E-state index in [0.29, 0.717) is 0 Å². The second-order valence-electron chi connectivity index (χ2n) is 1.96.